The van der Waals surface area contributed by atoms with Crippen molar-refractivity contribution in [3.05, 3.63) is 0 Å². The Morgan fingerprint density at radius 1 is 1.35 bits per heavy atom. The molecule has 2 fully saturated rings. The van der Waals surface area contributed by atoms with Gasteiger partial charge in [0.25, 0.3) is 0 Å². The van der Waals surface area contributed by atoms with Gasteiger partial charge in [0.05, 0.1) is 5.41 Å². The molecule has 2 heterocycles. The third-order valence-electron chi connectivity index (χ3n) is 3.92. The molecule has 2 aliphatic rings. The molecule has 0 saturated carbocycles. The highest BCUT2D eigenvalue weighted by Crippen LogP contribution is 2.32. The molecule has 2 atom stereocenters. The molecule has 0 aliphatic carbocycles. The Hall–Kier alpha value is -0.900. The third kappa shape index (κ3) is 2.51. The van der Waals surface area contributed by atoms with Gasteiger partial charge < -0.3 is 5.32 Å². The van der Waals surface area contributed by atoms with Crippen LogP contribution in [0.1, 0.15) is 40.0 Å². The molecule has 96 valence electrons. The van der Waals surface area contributed by atoms with E-state index in [2.05, 4.69) is 12.2 Å². The Morgan fingerprint density at radius 2 is 2.06 bits per heavy atom. The average Bonchev–Trinajstić information content (AvgIpc) is 2.44. The molecule has 2 rings (SSSR count). The first-order valence-electron chi connectivity index (χ1n) is 6.48. The van der Waals surface area contributed by atoms with E-state index >= 15 is 0 Å². The van der Waals surface area contributed by atoms with Crippen molar-refractivity contribution in [3.63, 3.8) is 0 Å². The maximum Gasteiger partial charge on any atom is 0.235 e. The van der Waals surface area contributed by atoms with Crippen molar-refractivity contribution in [2.24, 2.45) is 11.3 Å². The second-order valence-corrected chi connectivity index (χ2v) is 6.12. The molecule has 2 unspecified atom stereocenters. The van der Waals surface area contributed by atoms with Crippen LogP contribution in [0, 0.1) is 11.3 Å². The van der Waals surface area contributed by atoms with Gasteiger partial charge in [-0.1, -0.05) is 13.8 Å². The SMILES string of the molecule is CC1CCC(CN2C(=O)CC(C)(C)C2=O)CN1. The minimum atomic E-state index is -0.494. The van der Waals surface area contributed by atoms with Gasteiger partial charge in [-0.15, -0.1) is 0 Å². The summed E-state index contributed by atoms with van der Waals surface area (Å²) in [4.78, 5) is 25.4. The Morgan fingerprint density at radius 3 is 2.53 bits per heavy atom. The lowest BCUT2D eigenvalue weighted by molar-refractivity contribution is -0.141. The monoisotopic (exact) mass is 238 g/mol. The van der Waals surface area contributed by atoms with Crippen molar-refractivity contribution in [1.29, 1.82) is 0 Å². The maximum atomic E-state index is 12.1. The van der Waals surface area contributed by atoms with E-state index in [0.717, 1.165) is 19.4 Å². The lowest BCUT2D eigenvalue weighted by Crippen LogP contribution is -2.44. The standard InChI is InChI=1S/C13H22N2O2/c1-9-4-5-10(7-14-9)8-15-11(16)6-13(2,3)12(15)17/h9-10,14H,4-8H2,1-3H3. The second-order valence-electron chi connectivity index (χ2n) is 6.12. The predicted molar refractivity (Wildman–Crippen MR) is 65.3 cm³/mol. The van der Waals surface area contributed by atoms with E-state index in [1.54, 1.807) is 0 Å². The highest BCUT2D eigenvalue weighted by atomic mass is 16.2. The molecule has 0 aromatic heterocycles. The first-order chi connectivity index (χ1) is 7.90. The number of hydrogen-bond acceptors (Lipinski definition) is 3. The average molecular weight is 238 g/mol. The van der Waals surface area contributed by atoms with E-state index in [1.165, 1.54) is 4.90 Å². The molecule has 2 saturated heterocycles. The van der Waals surface area contributed by atoms with Crippen molar-refractivity contribution in [3.8, 4) is 0 Å². The number of likely N-dealkylation sites (tertiary alicyclic amines) is 1. The molecule has 0 radical (unpaired) electrons. The highest BCUT2D eigenvalue weighted by molar-refractivity contribution is 6.05. The fourth-order valence-electron chi connectivity index (χ4n) is 2.68. The van der Waals surface area contributed by atoms with Crippen LogP contribution >= 0.6 is 0 Å². The van der Waals surface area contributed by atoms with Crippen LogP contribution in [0.2, 0.25) is 0 Å². The Bertz CT molecular complexity index is 330. The van der Waals surface area contributed by atoms with Crippen LogP contribution in [0.3, 0.4) is 0 Å². The quantitative estimate of drug-likeness (QED) is 0.734. The van der Waals surface area contributed by atoms with Gasteiger partial charge in [-0.2, -0.15) is 0 Å². The number of nitrogens with one attached hydrogen (secondary N) is 1. The van der Waals surface area contributed by atoms with Gasteiger partial charge in [-0.3, -0.25) is 14.5 Å². The van der Waals surface area contributed by atoms with Crippen molar-refractivity contribution in [2.75, 3.05) is 13.1 Å². The molecule has 0 aromatic rings. The lowest BCUT2D eigenvalue weighted by atomic mass is 9.91. The van der Waals surface area contributed by atoms with Crippen LogP contribution in [0.4, 0.5) is 0 Å². The topological polar surface area (TPSA) is 49.4 Å². The smallest absolute Gasteiger partial charge is 0.235 e. The van der Waals surface area contributed by atoms with E-state index in [-0.39, 0.29) is 11.8 Å². The number of amides is 2. The molecule has 0 bridgehead atoms. The van der Waals surface area contributed by atoms with Crippen LogP contribution in [0.25, 0.3) is 0 Å². The molecule has 0 spiro atoms. The molecule has 17 heavy (non-hydrogen) atoms. The molecule has 1 N–H and O–H groups in total. The summed E-state index contributed by atoms with van der Waals surface area (Å²) in [5.41, 5.74) is -0.494. The number of carbonyl (C=O) groups is 2. The fraction of sp³-hybridized carbons (Fsp3) is 0.846. The summed E-state index contributed by atoms with van der Waals surface area (Å²) in [5.74, 6) is 0.424. The number of nitrogens with zero attached hydrogens (tertiary/aromatic N) is 1. The van der Waals surface area contributed by atoms with Gasteiger partial charge in [-0.25, -0.2) is 0 Å². The van der Waals surface area contributed by atoms with Crippen LogP contribution in [-0.2, 0) is 9.59 Å². The minimum Gasteiger partial charge on any atom is -0.314 e. The molecule has 4 nitrogen and oxygen atoms in total. The van der Waals surface area contributed by atoms with Crippen LogP contribution < -0.4 is 5.32 Å². The summed E-state index contributed by atoms with van der Waals surface area (Å²) in [6.07, 6.45) is 2.60. The molecular weight excluding hydrogens is 216 g/mol. The largest absolute Gasteiger partial charge is 0.314 e. The Kier molecular flexibility index (Phi) is 3.25. The summed E-state index contributed by atoms with van der Waals surface area (Å²) >= 11 is 0. The normalized spacial score (nSPS) is 33.2. The van der Waals surface area contributed by atoms with Crippen molar-refractivity contribution < 1.29 is 9.59 Å². The fourth-order valence-corrected chi connectivity index (χ4v) is 2.68. The van der Waals surface area contributed by atoms with Crippen molar-refractivity contribution in [1.82, 2.24) is 10.2 Å². The molecule has 2 aliphatic heterocycles. The van der Waals surface area contributed by atoms with E-state index in [4.69, 9.17) is 0 Å². The van der Waals surface area contributed by atoms with Crippen LogP contribution in [0.5, 0.6) is 0 Å². The molecule has 4 heteroatoms. The van der Waals surface area contributed by atoms with Gasteiger partial charge in [0, 0.05) is 19.0 Å². The first kappa shape index (κ1) is 12.6. The zero-order valence-electron chi connectivity index (χ0n) is 11.0. The van der Waals surface area contributed by atoms with E-state index in [9.17, 15) is 9.59 Å². The van der Waals surface area contributed by atoms with Crippen molar-refractivity contribution >= 4 is 11.8 Å². The van der Waals surface area contributed by atoms with E-state index in [0.29, 0.717) is 24.9 Å². The number of imide groups is 1. The third-order valence-corrected chi connectivity index (χ3v) is 3.92. The Balaban J connectivity index is 1.95. The number of piperidine rings is 1. The van der Waals surface area contributed by atoms with E-state index < -0.39 is 5.41 Å². The van der Waals surface area contributed by atoms with Gasteiger partial charge in [0.2, 0.25) is 11.8 Å². The summed E-state index contributed by atoms with van der Waals surface area (Å²) < 4.78 is 0. The lowest BCUT2D eigenvalue weighted by Gasteiger charge is -2.30. The summed E-state index contributed by atoms with van der Waals surface area (Å²) in [7, 11) is 0. The van der Waals surface area contributed by atoms with Gasteiger partial charge in [0.15, 0.2) is 0 Å². The predicted octanol–water partition coefficient (Wildman–Crippen LogP) is 1.16. The Labute approximate surface area is 103 Å². The van der Waals surface area contributed by atoms with E-state index in [1.807, 2.05) is 13.8 Å². The number of carbonyl (C=O) groups excluding carboxylic acids is 2. The summed E-state index contributed by atoms with van der Waals surface area (Å²) in [5, 5.41) is 3.41. The molecule has 2 amide bonds. The molecule has 0 aromatic carbocycles. The zero-order valence-corrected chi connectivity index (χ0v) is 11.0. The van der Waals surface area contributed by atoms with Crippen LogP contribution in [0.15, 0.2) is 0 Å². The summed E-state index contributed by atoms with van der Waals surface area (Å²) in [6, 6.07) is 0.563. The number of rotatable bonds is 2. The highest BCUT2D eigenvalue weighted by Gasteiger charge is 2.45. The second kappa shape index (κ2) is 4.41. The zero-order chi connectivity index (χ0) is 12.6. The van der Waals surface area contributed by atoms with Gasteiger partial charge >= 0.3 is 0 Å². The molecular formula is C13H22N2O2. The van der Waals surface area contributed by atoms with Gasteiger partial charge in [-0.05, 0) is 32.2 Å². The number of hydrogen-bond donors (Lipinski definition) is 1. The van der Waals surface area contributed by atoms with Gasteiger partial charge in [0.1, 0.15) is 0 Å². The first-order valence-corrected chi connectivity index (χ1v) is 6.48. The summed E-state index contributed by atoms with van der Waals surface area (Å²) in [6.45, 7) is 7.40. The minimum absolute atomic E-state index is 0.00104. The maximum absolute atomic E-state index is 12.1. The van der Waals surface area contributed by atoms with Crippen molar-refractivity contribution in [2.45, 2.75) is 46.1 Å². The van der Waals surface area contributed by atoms with Crippen LogP contribution in [-0.4, -0.2) is 35.8 Å².